The van der Waals surface area contributed by atoms with Gasteiger partial charge >= 0.3 is 6.09 Å². The Bertz CT molecular complexity index is 1850. The van der Waals surface area contributed by atoms with Gasteiger partial charge in [-0.15, -0.1) is 0 Å². The highest BCUT2D eigenvalue weighted by atomic mass is 32.1. The molecule has 5 aromatic rings. The first-order valence-corrected chi connectivity index (χ1v) is 15.0. The smallest absolute Gasteiger partial charge is 0.410 e. The first-order valence-electron chi connectivity index (χ1n) is 14.2. The molecule has 0 spiro atoms. The fraction of sp³-hybridized carbons (Fsp3) is 0.273. The third kappa shape index (κ3) is 5.70. The van der Waals surface area contributed by atoms with Crippen LogP contribution in [0.3, 0.4) is 0 Å². The van der Waals surface area contributed by atoms with Gasteiger partial charge in [0.1, 0.15) is 34.7 Å². The highest BCUT2D eigenvalue weighted by Crippen LogP contribution is 2.37. The number of amides is 1. The quantitative estimate of drug-likeness (QED) is 0.198. The number of rotatable bonds is 9. The van der Waals surface area contributed by atoms with E-state index in [1.54, 1.807) is 36.9 Å². The van der Waals surface area contributed by atoms with Gasteiger partial charge in [-0.05, 0) is 42.7 Å². The van der Waals surface area contributed by atoms with Crippen LogP contribution in [-0.4, -0.2) is 53.4 Å². The van der Waals surface area contributed by atoms with Gasteiger partial charge in [0.25, 0.3) is 5.56 Å². The molecule has 1 fully saturated rings. The summed E-state index contributed by atoms with van der Waals surface area (Å²) in [5, 5.41) is 0.657. The van der Waals surface area contributed by atoms with Crippen LogP contribution in [0.5, 0.6) is 17.2 Å². The number of methoxy groups -OCH3 is 3. The Hall–Kier alpha value is -4.90. The van der Waals surface area contributed by atoms with E-state index in [0.29, 0.717) is 45.0 Å². The summed E-state index contributed by atoms with van der Waals surface area (Å²) in [5.74, 6) is 2.25. The van der Waals surface area contributed by atoms with E-state index in [4.69, 9.17) is 28.9 Å². The van der Waals surface area contributed by atoms with Crippen molar-refractivity contribution in [3.63, 3.8) is 0 Å². The Balaban J connectivity index is 1.40. The van der Waals surface area contributed by atoms with Crippen molar-refractivity contribution in [1.29, 1.82) is 0 Å². The van der Waals surface area contributed by atoms with Crippen LogP contribution in [0.2, 0.25) is 0 Å². The van der Waals surface area contributed by atoms with Gasteiger partial charge in [0, 0.05) is 18.2 Å². The third-order valence-corrected chi connectivity index (χ3v) is 8.74. The van der Waals surface area contributed by atoms with Crippen molar-refractivity contribution in [2.45, 2.75) is 32.0 Å². The maximum absolute atomic E-state index is 14.2. The molecule has 226 valence electrons. The molecule has 0 radical (unpaired) electrons. The van der Waals surface area contributed by atoms with Gasteiger partial charge in [-0.2, -0.15) is 0 Å². The topological polar surface area (TPSA) is 105 Å². The van der Waals surface area contributed by atoms with E-state index in [1.165, 1.54) is 11.3 Å². The molecule has 0 aliphatic carbocycles. The normalized spacial score (nSPS) is 14.5. The van der Waals surface area contributed by atoms with E-state index < -0.39 is 6.09 Å². The lowest BCUT2D eigenvalue weighted by Gasteiger charge is -2.22. The number of hydrogen-bond donors (Lipinski definition) is 0. The standard InChI is InChI=1S/C33H32N4O6S/c1-40-23-16-15-22(27(18-23)42-3)19-37-29(24-12-7-8-14-26(24)41-2)35-31-28(32(37)38)34-30(44-31)25-13-9-17-36(25)33(39)43-20-21-10-5-4-6-11-21/h4-8,10-12,14-16,18,25H,9,13,17,19-20H2,1-3H3. The molecule has 1 aliphatic rings. The highest BCUT2D eigenvalue weighted by molar-refractivity contribution is 7.18. The average Bonchev–Trinajstić information content (AvgIpc) is 3.73. The van der Waals surface area contributed by atoms with E-state index in [-0.39, 0.29) is 30.3 Å². The van der Waals surface area contributed by atoms with Crippen molar-refractivity contribution >= 4 is 27.8 Å². The molecular formula is C33H32N4O6S. The first kappa shape index (κ1) is 29.2. The van der Waals surface area contributed by atoms with Gasteiger partial charge in [0.05, 0.1) is 39.5 Å². The van der Waals surface area contributed by atoms with E-state index in [2.05, 4.69) is 0 Å². The number of hydrogen-bond acceptors (Lipinski definition) is 9. The molecule has 10 nitrogen and oxygen atoms in total. The molecule has 1 saturated heterocycles. The average molecular weight is 613 g/mol. The van der Waals surface area contributed by atoms with Crippen molar-refractivity contribution in [3.05, 3.63) is 99.3 Å². The Morgan fingerprint density at radius 3 is 2.48 bits per heavy atom. The molecule has 1 amide bonds. The van der Waals surface area contributed by atoms with E-state index in [0.717, 1.165) is 24.0 Å². The number of carbonyl (C=O) groups is 1. The molecule has 1 aliphatic heterocycles. The summed E-state index contributed by atoms with van der Waals surface area (Å²) in [6.45, 7) is 0.915. The lowest BCUT2D eigenvalue weighted by molar-refractivity contribution is 0.0920. The molecule has 0 N–H and O–H groups in total. The first-order chi connectivity index (χ1) is 21.5. The number of carbonyl (C=O) groups excluding carboxylic acids is 1. The number of thiazole rings is 1. The van der Waals surface area contributed by atoms with Crippen LogP contribution < -0.4 is 19.8 Å². The van der Waals surface area contributed by atoms with Crippen molar-refractivity contribution in [3.8, 4) is 28.6 Å². The second kappa shape index (κ2) is 12.8. The SMILES string of the molecule is COc1ccc(Cn2c(-c3ccccc3OC)nc3sc(C4CCCN4C(=O)OCc4ccccc4)nc3c2=O)c(OC)c1. The predicted molar refractivity (Wildman–Crippen MR) is 168 cm³/mol. The second-order valence-electron chi connectivity index (χ2n) is 10.3. The fourth-order valence-corrected chi connectivity index (χ4v) is 6.52. The van der Waals surface area contributed by atoms with Crippen molar-refractivity contribution in [2.75, 3.05) is 27.9 Å². The molecule has 6 rings (SSSR count). The molecule has 1 unspecified atom stereocenters. The van der Waals surface area contributed by atoms with Crippen LogP contribution in [-0.2, 0) is 17.9 Å². The summed E-state index contributed by atoms with van der Waals surface area (Å²) in [6.07, 6.45) is 1.13. The number of fused-ring (bicyclic) bond motifs is 1. The molecule has 11 heteroatoms. The van der Waals surface area contributed by atoms with E-state index in [1.807, 2.05) is 66.7 Å². The zero-order valence-corrected chi connectivity index (χ0v) is 25.5. The van der Waals surface area contributed by atoms with E-state index in [9.17, 15) is 9.59 Å². The van der Waals surface area contributed by atoms with Gasteiger partial charge in [-0.3, -0.25) is 14.3 Å². The molecule has 44 heavy (non-hydrogen) atoms. The van der Waals surface area contributed by atoms with Crippen LogP contribution in [0, 0.1) is 0 Å². The number of para-hydroxylation sites is 1. The van der Waals surface area contributed by atoms with Gasteiger partial charge in [0.15, 0.2) is 10.3 Å². The minimum Gasteiger partial charge on any atom is -0.497 e. The predicted octanol–water partition coefficient (Wildman–Crippen LogP) is 6.07. The van der Waals surface area contributed by atoms with Gasteiger partial charge in [-0.1, -0.05) is 53.8 Å². The Labute approximate surface area is 258 Å². The lowest BCUT2D eigenvalue weighted by Crippen LogP contribution is -2.31. The zero-order chi connectivity index (χ0) is 30.6. The summed E-state index contributed by atoms with van der Waals surface area (Å²) in [5.41, 5.74) is 2.31. The summed E-state index contributed by atoms with van der Waals surface area (Å²) in [7, 11) is 4.75. The van der Waals surface area contributed by atoms with Crippen LogP contribution >= 0.6 is 11.3 Å². The van der Waals surface area contributed by atoms with Crippen LogP contribution in [0.15, 0.2) is 77.6 Å². The Kier molecular flexibility index (Phi) is 8.47. The Morgan fingerprint density at radius 1 is 0.932 bits per heavy atom. The third-order valence-electron chi connectivity index (χ3n) is 7.68. The van der Waals surface area contributed by atoms with Gasteiger partial charge in [-0.25, -0.2) is 14.8 Å². The second-order valence-corrected chi connectivity index (χ2v) is 11.3. The summed E-state index contributed by atoms with van der Waals surface area (Å²) < 4.78 is 23.9. The minimum absolute atomic E-state index is 0.177. The fourth-order valence-electron chi connectivity index (χ4n) is 5.45. The van der Waals surface area contributed by atoms with Gasteiger partial charge < -0.3 is 18.9 Å². The van der Waals surface area contributed by atoms with Crippen molar-refractivity contribution in [1.82, 2.24) is 19.4 Å². The van der Waals surface area contributed by atoms with Crippen LogP contribution in [0.25, 0.3) is 21.7 Å². The van der Waals surface area contributed by atoms with Gasteiger partial charge in [0.2, 0.25) is 0 Å². The zero-order valence-electron chi connectivity index (χ0n) is 24.7. The lowest BCUT2D eigenvalue weighted by atomic mass is 10.1. The number of likely N-dealkylation sites (tertiary alicyclic amines) is 1. The molecule has 2 aromatic heterocycles. The molecule has 3 heterocycles. The summed E-state index contributed by atoms with van der Waals surface area (Å²) in [4.78, 5) is 39.3. The minimum atomic E-state index is -0.401. The summed E-state index contributed by atoms with van der Waals surface area (Å²) in [6, 6.07) is 22.2. The highest BCUT2D eigenvalue weighted by Gasteiger charge is 2.34. The number of ether oxygens (including phenoxy) is 4. The summed E-state index contributed by atoms with van der Waals surface area (Å²) >= 11 is 1.33. The number of nitrogens with zero attached hydrogens (tertiary/aromatic N) is 4. The number of benzene rings is 3. The molecule has 1 atom stereocenters. The Morgan fingerprint density at radius 2 is 1.70 bits per heavy atom. The monoisotopic (exact) mass is 612 g/mol. The molecule has 0 saturated carbocycles. The van der Waals surface area contributed by atoms with E-state index >= 15 is 0 Å². The largest absolute Gasteiger partial charge is 0.497 e. The molecule has 3 aromatic carbocycles. The van der Waals surface area contributed by atoms with Crippen molar-refractivity contribution < 1.29 is 23.7 Å². The van der Waals surface area contributed by atoms with Crippen LogP contribution in [0.4, 0.5) is 4.79 Å². The van der Waals surface area contributed by atoms with Crippen LogP contribution in [0.1, 0.15) is 35.0 Å². The molecule has 0 bridgehead atoms. The van der Waals surface area contributed by atoms with Crippen molar-refractivity contribution in [2.24, 2.45) is 0 Å². The maximum Gasteiger partial charge on any atom is 0.410 e. The number of aromatic nitrogens is 3. The maximum atomic E-state index is 14.2. The molecular weight excluding hydrogens is 580 g/mol.